The van der Waals surface area contributed by atoms with Crippen molar-refractivity contribution in [3.63, 3.8) is 0 Å². The van der Waals surface area contributed by atoms with Gasteiger partial charge in [0.15, 0.2) is 0 Å². The Balaban J connectivity index is 1.71. The molecule has 3 aromatic rings. The SMILES string of the molecule is CCOc1cccc(N2C(=O)C(Nc3ccc(OC(C)C)cc3)=C(c3ccccc3)C2=O)c1. The number of ether oxygens (including phenoxy) is 2. The van der Waals surface area contributed by atoms with E-state index in [1.54, 1.807) is 24.3 Å². The number of hydrogen-bond acceptors (Lipinski definition) is 5. The number of nitrogens with one attached hydrogen (secondary N) is 1. The standard InChI is InChI=1S/C27H26N2O4/c1-4-32-23-12-8-11-21(17-23)29-26(30)24(19-9-6-5-7-10-19)25(27(29)31)28-20-13-15-22(16-14-20)33-18(2)3/h5-18,28H,4H2,1-3H3. The predicted octanol–water partition coefficient (Wildman–Crippen LogP) is 5.27. The van der Waals surface area contributed by atoms with Gasteiger partial charge >= 0.3 is 0 Å². The quantitative estimate of drug-likeness (QED) is 0.482. The highest BCUT2D eigenvalue weighted by Crippen LogP contribution is 2.35. The van der Waals surface area contributed by atoms with Crippen LogP contribution in [0.4, 0.5) is 11.4 Å². The van der Waals surface area contributed by atoms with Crippen molar-refractivity contribution in [3.05, 3.63) is 90.1 Å². The summed E-state index contributed by atoms with van der Waals surface area (Å²) in [7, 11) is 0. The molecule has 3 aromatic carbocycles. The van der Waals surface area contributed by atoms with Crippen molar-refractivity contribution in [2.24, 2.45) is 0 Å². The fourth-order valence-corrected chi connectivity index (χ4v) is 3.67. The second-order valence-corrected chi connectivity index (χ2v) is 7.81. The monoisotopic (exact) mass is 442 g/mol. The van der Waals surface area contributed by atoms with E-state index in [4.69, 9.17) is 9.47 Å². The lowest BCUT2D eigenvalue weighted by molar-refractivity contribution is -0.120. The van der Waals surface area contributed by atoms with Crippen molar-refractivity contribution in [3.8, 4) is 11.5 Å². The molecule has 33 heavy (non-hydrogen) atoms. The first-order valence-electron chi connectivity index (χ1n) is 10.9. The zero-order chi connectivity index (χ0) is 23.4. The van der Waals surface area contributed by atoms with E-state index in [0.717, 1.165) is 5.75 Å². The molecule has 1 aliphatic heterocycles. The summed E-state index contributed by atoms with van der Waals surface area (Å²) in [6, 6.07) is 23.5. The Morgan fingerprint density at radius 3 is 2.24 bits per heavy atom. The number of carbonyl (C=O) groups is 2. The first kappa shape index (κ1) is 22.1. The lowest BCUT2D eigenvalue weighted by atomic mass is 10.0. The first-order chi connectivity index (χ1) is 16.0. The number of imide groups is 1. The Morgan fingerprint density at radius 1 is 0.848 bits per heavy atom. The number of nitrogens with zero attached hydrogens (tertiary/aromatic N) is 1. The van der Waals surface area contributed by atoms with E-state index in [9.17, 15) is 9.59 Å². The fraction of sp³-hybridized carbons (Fsp3) is 0.185. The molecule has 0 fully saturated rings. The number of anilines is 2. The van der Waals surface area contributed by atoms with Crippen molar-refractivity contribution in [1.82, 2.24) is 0 Å². The minimum Gasteiger partial charge on any atom is -0.494 e. The third-order valence-electron chi connectivity index (χ3n) is 5.03. The van der Waals surface area contributed by atoms with Gasteiger partial charge < -0.3 is 14.8 Å². The van der Waals surface area contributed by atoms with Crippen molar-refractivity contribution >= 4 is 28.8 Å². The van der Waals surface area contributed by atoms with Crippen LogP contribution < -0.4 is 19.7 Å². The van der Waals surface area contributed by atoms with Gasteiger partial charge in [-0.25, -0.2) is 4.90 Å². The van der Waals surface area contributed by atoms with E-state index < -0.39 is 5.91 Å². The maximum Gasteiger partial charge on any atom is 0.282 e. The molecule has 0 saturated heterocycles. The van der Waals surface area contributed by atoms with Crippen LogP contribution in [0.5, 0.6) is 11.5 Å². The van der Waals surface area contributed by atoms with Crippen LogP contribution in [-0.2, 0) is 9.59 Å². The Kier molecular flexibility index (Phi) is 6.45. The van der Waals surface area contributed by atoms with E-state index in [1.807, 2.05) is 75.4 Å². The molecule has 0 unspecified atom stereocenters. The molecular weight excluding hydrogens is 416 g/mol. The smallest absolute Gasteiger partial charge is 0.282 e. The largest absolute Gasteiger partial charge is 0.494 e. The molecule has 0 bridgehead atoms. The van der Waals surface area contributed by atoms with Gasteiger partial charge in [0.2, 0.25) is 0 Å². The van der Waals surface area contributed by atoms with Crippen LogP contribution in [0.15, 0.2) is 84.6 Å². The summed E-state index contributed by atoms with van der Waals surface area (Å²) < 4.78 is 11.3. The topological polar surface area (TPSA) is 67.9 Å². The molecule has 0 saturated carbocycles. The second kappa shape index (κ2) is 9.61. The van der Waals surface area contributed by atoms with Crippen molar-refractivity contribution < 1.29 is 19.1 Å². The van der Waals surface area contributed by atoms with Crippen LogP contribution in [-0.4, -0.2) is 24.5 Å². The van der Waals surface area contributed by atoms with Crippen molar-refractivity contribution in [1.29, 1.82) is 0 Å². The van der Waals surface area contributed by atoms with Crippen LogP contribution in [0, 0.1) is 0 Å². The number of carbonyl (C=O) groups excluding carboxylic acids is 2. The van der Waals surface area contributed by atoms with Crippen LogP contribution in [0.25, 0.3) is 5.57 Å². The maximum atomic E-state index is 13.5. The highest BCUT2D eigenvalue weighted by Gasteiger charge is 2.40. The molecule has 2 amide bonds. The summed E-state index contributed by atoms with van der Waals surface area (Å²) in [5.41, 5.74) is 2.36. The van der Waals surface area contributed by atoms with E-state index in [-0.39, 0.29) is 17.7 Å². The molecule has 6 nitrogen and oxygen atoms in total. The molecule has 0 atom stereocenters. The molecule has 1 N–H and O–H groups in total. The summed E-state index contributed by atoms with van der Waals surface area (Å²) in [6.45, 7) is 6.29. The third kappa shape index (κ3) is 4.75. The average Bonchev–Trinajstić information content (AvgIpc) is 3.05. The fourth-order valence-electron chi connectivity index (χ4n) is 3.67. The Morgan fingerprint density at radius 2 is 1.58 bits per heavy atom. The van der Waals surface area contributed by atoms with Crippen molar-refractivity contribution in [2.75, 3.05) is 16.8 Å². The second-order valence-electron chi connectivity index (χ2n) is 7.81. The van der Waals surface area contributed by atoms with Gasteiger partial charge in [-0.15, -0.1) is 0 Å². The predicted molar refractivity (Wildman–Crippen MR) is 129 cm³/mol. The summed E-state index contributed by atoms with van der Waals surface area (Å²) in [5.74, 6) is 0.520. The van der Waals surface area contributed by atoms with Crippen LogP contribution in [0.3, 0.4) is 0 Å². The maximum absolute atomic E-state index is 13.5. The number of benzene rings is 3. The summed E-state index contributed by atoms with van der Waals surface area (Å²) in [6.07, 6.45) is 0.0613. The number of amides is 2. The van der Waals surface area contributed by atoms with Crippen molar-refractivity contribution in [2.45, 2.75) is 26.9 Å². The Hall–Kier alpha value is -4.06. The number of rotatable bonds is 8. The van der Waals surface area contributed by atoms with E-state index in [2.05, 4.69) is 5.32 Å². The van der Waals surface area contributed by atoms with Gasteiger partial charge in [-0.2, -0.15) is 0 Å². The summed E-state index contributed by atoms with van der Waals surface area (Å²) >= 11 is 0. The summed E-state index contributed by atoms with van der Waals surface area (Å²) in [4.78, 5) is 28.2. The lowest BCUT2D eigenvalue weighted by Gasteiger charge is -2.16. The molecule has 6 heteroatoms. The molecule has 0 spiro atoms. The van der Waals surface area contributed by atoms with Gasteiger partial charge in [-0.1, -0.05) is 36.4 Å². The van der Waals surface area contributed by atoms with E-state index >= 15 is 0 Å². The van der Waals surface area contributed by atoms with Gasteiger partial charge in [-0.05, 0) is 62.7 Å². The Bertz CT molecular complexity index is 1180. The zero-order valence-electron chi connectivity index (χ0n) is 18.9. The molecule has 168 valence electrons. The van der Waals surface area contributed by atoms with Gasteiger partial charge in [0, 0.05) is 11.8 Å². The zero-order valence-corrected chi connectivity index (χ0v) is 18.9. The van der Waals surface area contributed by atoms with E-state index in [1.165, 1.54) is 4.90 Å². The summed E-state index contributed by atoms with van der Waals surface area (Å²) in [5, 5.41) is 3.17. The average molecular weight is 443 g/mol. The highest BCUT2D eigenvalue weighted by molar-refractivity contribution is 6.46. The minimum absolute atomic E-state index is 0.0613. The molecule has 0 radical (unpaired) electrons. The van der Waals surface area contributed by atoms with Crippen LogP contribution >= 0.6 is 0 Å². The number of hydrogen-bond donors (Lipinski definition) is 1. The molecule has 0 aliphatic carbocycles. The highest BCUT2D eigenvalue weighted by atomic mass is 16.5. The van der Waals surface area contributed by atoms with E-state index in [0.29, 0.717) is 34.9 Å². The Labute approximate surface area is 193 Å². The van der Waals surface area contributed by atoms with Gasteiger partial charge in [0.05, 0.1) is 24.0 Å². The van der Waals surface area contributed by atoms with Gasteiger partial charge in [-0.3, -0.25) is 9.59 Å². The molecule has 4 rings (SSSR count). The van der Waals surface area contributed by atoms with Gasteiger partial charge in [0.25, 0.3) is 11.8 Å². The normalized spacial score (nSPS) is 13.6. The molecular formula is C27H26N2O4. The molecule has 1 aliphatic rings. The van der Waals surface area contributed by atoms with Gasteiger partial charge in [0.1, 0.15) is 17.2 Å². The molecule has 0 aromatic heterocycles. The third-order valence-corrected chi connectivity index (χ3v) is 5.03. The van der Waals surface area contributed by atoms with Crippen LogP contribution in [0.2, 0.25) is 0 Å². The first-order valence-corrected chi connectivity index (χ1v) is 10.9. The van der Waals surface area contributed by atoms with Crippen LogP contribution in [0.1, 0.15) is 26.3 Å². The minimum atomic E-state index is -0.421. The lowest BCUT2D eigenvalue weighted by Crippen LogP contribution is -2.32. The molecule has 1 heterocycles.